The molecule has 0 spiro atoms. The zero-order valence-electron chi connectivity index (χ0n) is 14.0. The Bertz CT molecular complexity index is 908. The summed E-state index contributed by atoms with van der Waals surface area (Å²) in [5.74, 6) is 0. The van der Waals surface area contributed by atoms with Crippen molar-refractivity contribution < 1.29 is 0 Å². The first-order valence-corrected chi connectivity index (χ1v) is 8.48. The molecule has 1 aliphatic rings. The number of anilines is 1. The highest BCUT2D eigenvalue weighted by Gasteiger charge is 2.18. The smallest absolute Gasteiger partial charge is 0.0867 e. The van der Waals surface area contributed by atoms with Crippen LogP contribution in [0.3, 0.4) is 0 Å². The first kappa shape index (κ1) is 15.6. The van der Waals surface area contributed by atoms with Crippen LogP contribution in [0.15, 0.2) is 55.0 Å². The average Bonchev–Trinajstić information content (AvgIpc) is 2.69. The van der Waals surface area contributed by atoms with Crippen LogP contribution in [-0.4, -0.2) is 47.6 Å². The van der Waals surface area contributed by atoms with Crippen LogP contribution in [0.4, 0.5) is 5.69 Å². The van der Waals surface area contributed by atoms with E-state index in [9.17, 15) is 0 Å². The maximum Gasteiger partial charge on any atom is 0.0867 e. The van der Waals surface area contributed by atoms with Crippen LogP contribution in [0, 0.1) is 11.3 Å². The van der Waals surface area contributed by atoms with Crippen LogP contribution < -0.4 is 4.90 Å². The van der Waals surface area contributed by atoms with Crippen molar-refractivity contribution in [1.29, 1.82) is 5.26 Å². The lowest BCUT2D eigenvalue weighted by atomic mass is 10.0. The van der Waals surface area contributed by atoms with E-state index in [1.165, 1.54) is 11.1 Å². The zero-order chi connectivity index (χ0) is 17.1. The highest BCUT2D eigenvalue weighted by Crippen LogP contribution is 2.29. The molecule has 5 heteroatoms. The summed E-state index contributed by atoms with van der Waals surface area (Å²) < 4.78 is 0. The van der Waals surface area contributed by atoms with Gasteiger partial charge in [-0.05, 0) is 23.8 Å². The fraction of sp³-hybridized carbons (Fsp3) is 0.250. The lowest BCUT2D eigenvalue weighted by Crippen LogP contribution is -2.46. The molecule has 0 N–H and O–H groups in total. The van der Waals surface area contributed by atoms with Crippen molar-refractivity contribution in [3.63, 3.8) is 0 Å². The monoisotopic (exact) mass is 329 g/mol. The van der Waals surface area contributed by atoms with Gasteiger partial charge in [-0.1, -0.05) is 18.2 Å². The number of fused-ring (bicyclic) bond motifs is 1. The van der Waals surface area contributed by atoms with Gasteiger partial charge in [0.2, 0.25) is 0 Å². The van der Waals surface area contributed by atoms with E-state index in [2.05, 4.69) is 56.2 Å². The fourth-order valence-electron chi connectivity index (χ4n) is 3.37. The first-order chi connectivity index (χ1) is 12.3. The average molecular weight is 329 g/mol. The number of piperazine rings is 1. The molecule has 0 unspecified atom stereocenters. The highest BCUT2D eigenvalue weighted by atomic mass is 15.3. The van der Waals surface area contributed by atoms with E-state index in [1.807, 2.05) is 18.5 Å². The maximum absolute atomic E-state index is 8.84. The lowest BCUT2D eigenvalue weighted by molar-refractivity contribution is 0.287. The molecule has 1 aromatic carbocycles. The summed E-state index contributed by atoms with van der Waals surface area (Å²) in [7, 11) is 0. The van der Waals surface area contributed by atoms with Crippen molar-refractivity contribution in [2.75, 3.05) is 37.6 Å². The van der Waals surface area contributed by atoms with Gasteiger partial charge in [-0.15, -0.1) is 0 Å². The van der Waals surface area contributed by atoms with Crippen LogP contribution in [0.1, 0.15) is 0 Å². The predicted molar refractivity (Wildman–Crippen MR) is 99.2 cm³/mol. The summed E-state index contributed by atoms with van der Waals surface area (Å²) in [5, 5.41) is 10.0. The molecule has 0 radical (unpaired) electrons. The third-order valence-electron chi connectivity index (χ3n) is 4.72. The molecule has 1 aliphatic heterocycles. The highest BCUT2D eigenvalue weighted by molar-refractivity contribution is 5.94. The molecule has 0 amide bonds. The summed E-state index contributed by atoms with van der Waals surface area (Å²) in [4.78, 5) is 13.4. The SMILES string of the molecule is N#CCN1CCN(c2ccnc3cc(-c4cccnc4)ccc23)CC1. The van der Waals surface area contributed by atoms with Crippen molar-refractivity contribution in [2.24, 2.45) is 0 Å². The number of pyridine rings is 2. The van der Waals surface area contributed by atoms with E-state index in [1.54, 1.807) is 6.20 Å². The normalized spacial score (nSPS) is 15.2. The second-order valence-electron chi connectivity index (χ2n) is 6.23. The van der Waals surface area contributed by atoms with E-state index < -0.39 is 0 Å². The van der Waals surface area contributed by atoms with Gasteiger partial charge >= 0.3 is 0 Å². The van der Waals surface area contributed by atoms with E-state index in [0.29, 0.717) is 6.54 Å². The molecule has 3 heterocycles. The molecule has 0 bridgehead atoms. The largest absolute Gasteiger partial charge is 0.368 e. The molecule has 1 saturated heterocycles. The van der Waals surface area contributed by atoms with Gasteiger partial charge in [-0.25, -0.2) is 0 Å². The van der Waals surface area contributed by atoms with Gasteiger partial charge in [0, 0.05) is 61.4 Å². The fourth-order valence-corrected chi connectivity index (χ4v) is 3.37. The second kappa shape index (κ2) is 6.88. The third-order valence-corrected chi connectivity index (χ3v) is 4.72. The van der Waals surface area contributed by atoms with Gasteiger partial charge in [0.25, 0.3) is 0 Å². The Hall–Kier alpha value is -2.97. The van der Waals surface area contributed by atoms with Crippen LogP contribution in [0.5, 0.6) is 0 Å². The number of hydrogen-bond donors (Lipinski definition) is 0. The van der Waals surface area contributed by atoms with Crippen LogP contribution in [-0.2, 0) is 0 Å². The minimum atomic E-state index is 0.513. The maximum atomic E-state index is 8.84. The minimum Gasteiger partial charge on any atom is -0.368 e. The molecule has 3 aromatic rings. The van der Waals surface area contributed by atoms with Crippen molar-refractivity contribution in [3.05, 3.63) is 55.0 Å². The summed E-state index contributed by atoms with van der Waals surface area (Å²) in [6.07, 6.45) is 5.54. The van der Waals surface area contributed by atoms with Crippen LogP contribution >= 0.6 is 0 Å². The molecule has 5 nitrogen and oxygen atoms in total. The molecule has 0 saturated carbocycles. The van der Waals surface area contributed by atoms with Gasteiger partial charge in [0.15, 0.2) is 0 Å². The number of hydrogen-bond acceptors (Lipinski definition) is 5. The number of aromatic nitrogens is 2. The second-order valence-corrected chi connectivity index (χ2v) is 6.23. The summed E-state index contributed by atoms with van der Waals surface area (Å²) >= 11 is 0. The zero-order valence-corrected chi connectivity index (χ0v) is 14.0. The van der Waals surface area contributed by atoms with Crippen LogP contribution in [0.25, 0.3) is 22.0 Å². The molecule has 4 rings (SSSR count). The van der Waals surface area contributed by atoms with Crippen LogP contribution in [0.2, 0.25) is 0 Å². The van der Waals surface area contributed by atoms with Gasteiger partial charge in [0.05, 0.1) is 18.1 Å². The number of benzene rings is 1. The van der Waals surface area contributed by atoms with Crippen molar-refractivity contribution in [1.82, 2.24) is 14.9 Å². The lowest BCUT2D eigenvalue weighted by Gasteiger charge is -2.35. The van der Waals surface area contributed by atoms with Crippen molar-refractivity contribution >= 4 is 16.6 Å². The number of nitrogens with zero attached hydrogens (tertiary/aromatic N) is 5. The van der Waals surface area contributed by atoms with Gasteiger partial charge in [0.1, 0.15) is 0 Å². The molecule has 1 fully saturated rings. The summed E-state index contributed by atoms with van der Waals surface area (Å²) in [5.41, 5.74) is 4.45. The van der Waals surface area contributed by atoms with Gasteiger partial charge in [-0.2, -0.15) is 5.26 Å². The molecule has 0 aliphatic carbocycles. The topological polar surface area (TPSA) is 56.1 Å². The van der Waals surface area contributed by atoms with Crippen molar-refractivity contribution in [3.8, 4) is 17.2 Å². The Morgan fingerprint density at radius 3 is 2.64 bits per heavy atom. The molecule has 2 aromatic heterocycles. The Balaban J connectivity index is 1.64. The molecular weight excluding hydrogens is 310 g/mol. The first-order valence-electron chi connectivity index (χ1n) is 8.48. The quantitative estimate of drug-likeness (QED) is 0.692. The Kier molecular flexibility index (Phi) is 4.28. The van der Waals surface area contributed by atoms with Crippen molar-refractivity contribution in [2.45, 2.75) is 0 Å². The molecule has 124 valence electrons. The minimum absolute atomic E-state index is 0.513. The van der Waals surface area contributed by atoms with E-state index in [4.69, 9.17) is 5.26 Å². The van der Waals surface area contributed by atoms with Gasteiger partial charge < -0.3 is 4.90 Å². The Labute approximate surface area is 147 Å². The number of nitriles is 1. The van der Waals surface area contributed by atoms with E-state index in [-0.39, 0.29) is 0 Å². The molecule has 0 atom stereocenters. The van der Waals surface area contributed by atoms with E-state index in [0.717, 1.165) is 42.8 Å². The molecular formula is C20H19N5. The Morgan fingerprint density at radius 2 is 1.88 bits per heavy atom. The standard InChI is InChI=1S/C20H19N5/c21-6-9-24-10-12-25(13-11-24)20-5-8-23-19-14-16(3-4-18(19)20)17-2-1-7-22-15-17/h1-5,7-8,14-15H,9-13H2. The summed E-state index contributed by atoms with van der Waals surface area (Å²) in [6, 6.07) is 14.8. The predicted octanol–water partition coefficient (Wildman–Crippen LogP) is 2.94. The molecule has 25 heavy (non-hydrogen) atoms. The Morgan fingerprint density at radius 1 is 1.00 bits per heavy atom. The third kappa shape index (κ3) is 3.17. The number of rotatable bonds is 3. The van der Waals surface area contributed by atoms with Gasteiger partial charge in [-0.3, -0.25) is 14.9 Å². The summed E-state index contributed by atoms with van der Waals surface area (Å²) in [6.45, 7) is 4.23. The van der Waals surface area contributed by atoms with E-state index >= 15 is 0 Å².